The third kappa shape index (κ3) is 5.07. The fourth-order valence-electron chi connectivity index (χ4n) is 3.47. The summed E-state index contributed by atoms with van der Waals surface area (Å²) in [5.41, 5.74) is 0.846. The van der Waals surface area contributed by atoms with Gasteiger partial charge >= 0.3 is 0 Å². The second-order valence-electron chi connectivity index (χ2n) is 7.40. The quantitative estimate of drug-likeness (QED) is 0.233. The highest BCUT2D eigenvalue weighted by Crippen LogP contribution is 2.30. The highest BCUT2D eigenvalue weighted by molar-refractivity contribution is 5.48. The summed E-state index contributed by atoms with van der Waals surface area (Å²) in [6.45, 7) is 2.34. The van der Waals surface area contributed by atoms with Gasteiger partial charge in [-0.15, -0.1) is 0 Å². The van der Waals surface area contributed by atoms with Gasteiger partial charge in [0.25, 0.3) is 0 Å². The van der Waals surface area contributed by atoms with Gasteiger partial charge < -0.3 is 54.7 Å². The van der Waals surface area contributed by atoms with Crippen LogP contribution in [-0.2, 0) is 14.2 Å². The number of rotatable bonds is 7. The topological polar surface area (TPSA) is 179 Å². The van der Waals surface area contributed by atoms with Crippen LogP contribution in [0.3, 0.4) is 0 Å². The fraction of sp³-hybridized carbons (Fsp3) is 0.600. The molecule has 0 saturated carbocycles. The van der Waals surface area contributed by atoms with Crippen LogP contribution in [0.25, 0.3) is 6.08 Å². The molecule has 2 fully saturated rings. The van der Waals surface area contributed by atoms with Gasteiger partial charge in [-0.2, -0.15) is 0 Å². The Hall–Kier alpha value is -1.64. The van der Waals surface area contributed by atoms with Gasteiger partial charge in [-0.05, 0) is 17.7 Å². The number of benzene rings is 1. The molecule has 0 unspecified atom stereocenters. The lowest BCUT2D eigenvalue weighted by Crippen LogP contribution is -2.65. The van der Waals surface area contributed by atoms with Crippen molar-refractivity contribution in [2.45, 2.75) is 61.4 Å². The van der Waals surface area contributed by atoms with Crippen LogP contribution >= 0.6 is 0 Å². The van der Waals surface area contributed by atoms with Gasteiger partial charge in [0.1, 0.15) is 54.6 Å². The van der Waals surface area contributed by atoms with Gasteiger partial charge in [0.2, 0.25) is 6.29 Å². The van der Waals surface area contributed by atoms with E-state index in [1.54, 1.807) is 30.3 Å². The van der Waals surface area contributed by atoms with Crippen molar-refractivity contribution in [2.75, 3.05) is 13.2 Å². The Morgan fingerprint density at radius 3 is 1.94 bits per heavy atom. The Labute approximate surface area is 178 Å². The Kier molecular flexibility index (Phi) is 7.99. The van der Waals surface area contributed by atoms with E-state index < -0.39 is 74.6 Å². The predicted molar refractivity (Wildman–Crippen MR) is 104 cm³/mol. The summed E-state index contributed by atoms with van der Waals surface area (Å²) >= 11 is 0. The fourth-order valence-corrected chi connectivity index (χ4v) is 3.47. The van der Waals surface area contributed by atoms with E-state index in [0.717, 1.165) is 5.56 Å². The van der Waals surface area contributed by atoms with Gasteiger partial charge in [-0.3, -0.25) is 0 Å². The molecule has 11 heteroatoms. The largest absolute Gasteiger partial charge is 0.462 e. The van der Waals surface area contributed by atoms with Gasteiger partial charge in [0.05, 0.1) is 13.2 Å². The molecule has 3 rings (SSSR count). The van der Waals surface area contributed by atoms with Crippen molar-refractivity contribution in [1.82, 2.24) is 0 Å². The van der Waals surface area contributed by atoms with Crippen LogP contribution in [0, 0.1) is 0 Å². The van der Waals surface area contributed by atoms with Gasteiger partial charge in [0.15, 0.2) is 6.29 Å². The number of hydrogen-bond donors (Lipinski definition) is 7. The molecule has 0 radical (unpaired) electrons. The van der Waals surface area contributed by atoms with Crippen LogP contribution < -0.4 is 4.74 Å². The standard InChI is InChI=1S/C20H28O11/c1-2-9-3-5-10(6-4-9)28-19-17(27)15(25)18(12(8-22)30-19)31-20-16(26)14(24)13(23)11(7-21)29-20/h2-6,11-27H,1,7-8H2/t11-,12-,13+,14+,15-,16+,17-,18+,19+,20+/m0/s1. The molecule has 0 spiro atoms. The lowest BCUT2D eigenvalue weighted by molar-refractivity contribution is -0.352. The van der Waals surface area contributed by atoms with Crippen molar-refractivity contribution in [3.05, 3.63) is 36.4 Å². The molecule has 10 atom stereocenters. The van der Waals surface area contributed by atoms with Gasteiger partial charge in [-0.1, -0.05) is 24.8 Å². The summed E-state index contributed by atoms with van der Waals surface area (Å²) in [6, 6.07) is 6.68. The molecule has 2 aliphatic heterocycles. The van der Waals surface area contributed by atoms with Crippen LogP contribution in [0.15, 0.2) is 30.8 Å². The molecule has 2 aliphatic rings. The predicted octanol–water partition coefficient (Wildman–Crippen LogP) is -2.67. The zero-order valence-corrected chi connectivity index (χ0v) is 16.5. The molecular formula is C20H28O11. The Balaban J connectivity index is 1.70. The lowest BCUT2D eigenvalue weighted by atomic mass is 9.97. The maximum atomic E-state index is 10.6. The first-order valence-electron chi connectivity index (χ1n) is 9.78. The molecule has 1 aromatic carbocycles. The highest BCUT2D eigenvalue weighted by atomic mass is 16.7. The van der Waals surface area contributed by atoms with E-state index in [-0.39, 0.29) is 0 Å². The van der Waals surface area contributed by atoms with Crippen molar-refractivity contribution in [2.24, 2.45) is 0 Å². The summed E-state index contributed by atoms with van der Waals surface area (Å²) in [5.74, 6) is 0.340. The first-order valence-corrected chi connectivity index (χ1v) is 9.78. The van der Waals surface area contributed by atoms with Crippen LogP contribution in [0.4, 0.5) is 0 Å². The molecule has 31 heavy (non-hydrogen) atoms. The Morgan fingerprint density at radius 2 is 1.35 bits per heavy atom. The number of ether oxygens (including phenoxy) is 4. The van der Waals surface area contributed by atoms with Crippen molar-refractivity contribution in [3.8, 4) is 5.75 Å². The molecular weight excluding hydrogens is 416 g/mol. The van der Waals surface area contributed by atoms with E-state index in [2.05, 4.69) is 6.58 Å². The van der Waals surface area contributed by atoms with Crippen molar-refractivity contribution in [1.29, 1.82) is 0 Å². The summed E-state index contributed by atoms with van der Waals surface area (Å²) in [6.07, 6.45) is -13.3. The second kappa shape index (κ2) is 10.3. The maximum Gasteiger partial charge on any atom is 0.229 e. The maximum absolute atomic E-state index is 10.6. The third-order valence-corrected chi connectivity index (χ3v) is 5.33. The van der Waals surface area contributed by atoms with Crippen LogP contribution in [0.2, 0.25) is 0 Å². The van der Waals surface area contributed by atoms with Crippen LogP contribution in [0.5, 0.6) is 5.75 Å². The molecule has 174 valence electrons. The molecule has 2 saturated heterocycles. The second-order valence-corrected chi connectivity index (χ2v) is 7.40. The number of aliphatic hydroxyl groups is 7. The minimum atomic E-state index is -1.72. The van der Waals surface area contributed by atoms with Gasteiger partial charge in [-0.25, -0.2) is 0 Å². The van der Waals surface area contributed by atoms with E-state index in [1.165, 1.54) is 0 Å². The lowest BCUT2D eigenvalue weighted by Gasteiger charge is -2.45. The van der Waals surface area contributed by atoms with E-state index in [1.807, 2.05) is 0 Å². The summed E-state index contributed by atoms with van der Waals surface area (Å²) in [7, 11) is 0. The third-order valence-electron chi connectivity index (χ3n) is 5.33. The molecule has 2 heterocycles. The Bertz CT molecular complexity index is 710. The van der Waals surface area contributed by atoms with Crippen LogP contribution in [0.1, 0.15) is 5.56 Å². The smallest absolute Gasteiger partial charge is 0.229 e. The molecule has 1 aromatic rings. The highest BCUT2D eigenvalue weighted by Gasteiger charge is 2.51. The first-order chi connectivity index (χ1) is 14.8. The zero-order valence-electron chi connectivity index (χ0n) is 16.5. The van der Waals surface area contributed by atoms with Gasteiger partial charge in [0, 0.05) is 0 Å². The number of hydrogen-bond acceptors (Lipinski definition) is 11. The van der Waals surface area contributed by atoms with E-state index >= 15 is 0 Å². The first kappa shape index (κ1) is 24.0. The van der Waals surface area contributed by atoms with Crippen LogP contribution in [-0.4, -0.2) is 110 Å². The summed E-state index contributed by atoms with van der Waals surface area (Å²) in [4.78, 5) is 0. The molecule has 0 bridgehead atoms. The number of aliphatic hydroxyl groups excluding tert-OH is 7. The molecule has 7 N–H and O–H groups in total. The van der Waals surface area contributed by atoms with E-state index in [4.69, 9.17) is 18.9 Å². The van der Waals surface area contributed by atoms with E-state index in [9.17, 15) is 35.7 Å². The zero-order chi connectivity index (χ0) is 22.7. The molecule has 0 aromatic heterocycles. The monoisotopic (exact) mass is 444 g/mol. The molecule has 0 amide bonds. The summed E-state index contributed by atoms with van der Waals surface area (Å²) in [5, 5.41) is 69.9. The minimum Gasteiger partial charge on any atom is -0.462 e. The SMILES string of the molecule is C=Cc1ccc(O[C@@H]2O[C@@H](CO)[C@@H](O[C@H]3O[C@@H](CO)[C@@H](O)[C@@H](O)[C@H]3O)[C@@H](O)[C@@H]2O)cc1. The van der Waals surface area contributed by atoms with Crippen molar-refractivity contribution < 1.29 is 54.7 Å². The summed E-state index contributed by atoms with van der Waals surface area (Å²) < 4.78 is 21.9. The normalized spacial score (nSPS) is 41.0. The van der Waals surface area contributed by atoms with E-state index in [0.29, 0.717) is 5.75 Å². The molecule has 0 aliphatic carbocycles. The van der Waals surface area contributed by atoms with Crippen molar-refractivity contribution in [3.63, 3.8) is 0 Å². The average Bonchev–Trinajstić information content (AvgIpc) is 2.79. The minimum absolute atomic E-state index is 0.340. The van der Waals surface area contributed by atoms with Crippen molar-refractivity contribution >= 4 is 6.08 Å². The molecule has 11 nitrogen and oxygen atoms in total. The Morgan fingerprint density at radius 1 is 0.774 bits per heavy atom. The average molecular weight is 444 g/mol.